The van der Waals surface area contributed by atoms with Gasteiger partial charge < -0.3 is 14.4 Å². The summed E-state index contributed by atoms with van der Waals surface area (Å²) in [7, 11) is 1.57. The number of ether oxygens (including phenoxy) is 1. The molecule has 3 rings (SSSR count). The Morgan fingerprint density at radius 1 is 1.39 bits per heavy atom. The molecule has 5 nitrogen and oxygen atoms in total. The second kappa shape index (κ2) is 4.33. The number of aromatic nitrogens is 2. The van der Waals surface area contributed by atoms with Gasteiger partial charge in [0.15, 0.2) is 5.82 Å². The van der Waals surface area contributed by atoms with Gasteiger partial charge in [0.05, 0.1) is 12.7 Å². The predicted molar refractivity (Wildman–Crippen MR) is 64.5 cm³/mol. The van der Waals surface area contributed by atoms with Crippen molar-refractivity contribution in [3.63, 3.8) is 0 Å². The molecule has 1 aliphatic carbocycles. The van der Waals surface area contributed by atoms with E-state index in [0.29, 0.717) is 23.1 Å². The lowest BCUT2D eigenvalue weighted by atomic mass is 9.85. The number of aromatic hydroxyl groups is 1. The van der Waals surface area contributed by atoms with E-state index in [2.05, 4.69) is 10.1 Å². The molecule has 1 saturated carbocycles. The third-order valence-corrected chi connectivity index (χ3v) is 3.35. The first-order chi connectivity index (χ1) is 8.78. The fourth-order valence-electron chi connectivity index (χ4n) is 1.99. The molecule has 94 valence electrons. The van der Waals surface area contributed by atoms with Crippen molar-refractivity contribution in [2.45, 2.75) is 25.2 Å². The fraction of sp³-hybridized carbons (Fsp3) is 0.385. The molecule has 0 radical (unpaired) electrons. The molecule has 0 saturated heterocycles. The number of methoxy groups -OCH3 is 1. The lowest BCUT2D eigenvalue weighted by Crippen LogP contribution is -2.10. The number of phenolic OH excluding ortho intramolecular Hbond substituents is 1. The summed E-state index contributed by atoms with van der Waals surface area (Å²) in [5.74, 6) is 2.24. The minimum absolute atomic E-state index is 0.111. The quantitative estimate of drug-likeness (QED) is 0.901. The van der Waals surface area contributed by atoms with Crippen molar-refractivity contribution >= 4 is 0 Å². The molecule has 0 spiro atoms. The molecule has 1 N–H and O–H groups in total. The molecular formula is C13H14N2O3. The Hall–Kier alpha value is -2.04. The molecule has 0 amide bonds. The molecule has 1 fully saturated rings. The van der Waals surface area contributed by atoms with Crippen LogP contribution >= 0.6 is 0 Å². The van der Waals surface area contributed by atoms with Gasteiger partial charge >= 0.3 is 0 Å². The van der Waals surface area contributed by atoms with Crippen molar-refractivity contribution in [3.05, 3.63) is 24.0 Å². The second-order valence-electron chi connectivity index (χ2n) is 4.47. The number of hydrogen-bond donors (Lipinski definition) is 1. The van der Waals surface area contributed by atoms with E-state index in [-0.39, 0.29) is 5.75 Å². The SMILES string of the molecule is COc1ccc(O)c(-c2nc(C3CCC3)no2)c1. The molecule has 0 aliphatic heterocycles. The molecule has 1 aromatic carbocycles. The van der Waals surface area contributed by atoms with Gasteiger partial charge in [-0.25, -0.2) is 0 Å². The van der Waals surface area contributed by atoms with E-state index in [1.54, 1.807) is 25.3 Å². The highest BCUT2D eigenvalue weighted by Gasteiger charge is 2.25. The van der Waals surface area contributed by atoms with Crippen LogP contribution in [0.4, 0.5) is 0 Å². The Kier molecular flexibility index (Phi) is 2.66. The normalized spacial score (nSPS) is 15.4. The molecule has 18 heavy (non-hydrogen) atoms. The zero-order chi connectivity index (χ0) is 12.5. The van der Waals surface area contributed by atoms with Gasteiger partial charge in [0.1, 0.15) is 11.5 Å². The summed E-state index contributed by atoms with van der Waals surface area (Å²) in [4.78, 5) is 4.35. The fourth-order valence-corrected chi connectivity index (χ4v) is 1.99. The van der Waals surface area contributed by atoms with Crippen LogP contribution in [0.2, 0.25) is 0 Å². The third-order valence-electron chi connectivity index (χ3n) is 3.35. The first kappa shape index (κ1) is 11.1. The molecule has 1 aliphatic rings. The van der Waals surface area contributed by atoms with E-state index in [0.717, 1.165) is 18.7 Å². The zero-order valence-corrected chi connectivity index (χ0v) is 10.1. The van der Waals surface area contributed by atoms with Crippen LogP contribution in [0.15, 0.2) is 22.7 Å². The number of hydrogen-bond acceptors (Lipinski definition) is 5. The molecular weight excluding hydrogens is 232 g/mol. The van der Waals surface area contributed by atoms with Gasteiger partial charge in [0.25, 0.3) is 5.89 Å². The predicted octanol–water partition coefficient (Wildman–Crippen LogP) is 2.72. The summed E-state index contributed by atoms with van der Waals surface area (Å²) in [6.45, 7) is 0. The molecule has 2 aromatic rings. The Labute approximate surface area is 104 Å². The summed E-state index contributed by atoms with van der Waals surface area (Å²) in [6.07, 6.45) is 3.45. The maximum atomic E-state index is 9.82. The van der Waals surface area contributed by atoms with E-state index in [1.165, 1.54) is 6.42 Å². The first-order valence-electron chi connectivity index (χ1n) is 5.99. The van der Waals surface area contributed by atoms with Gasteiger partial charge in [0, 0.05) is 5.92 Å². The standard InChI is InChI=1S/C13H14N2O3/c1-17-9-5-6-11(16)10(7-9)13-14-12(15-18-13)8-3-2-4-8/h5-8,16H,2-4H2,1H3. The van der Waals surface area contributed by atoms with Crippen LogP contribution in [0.5, 0.6) is 11.5 Å². The van der Waals surface area contributed by atoms with Gasteiger partial charge in [-0.15, -0.1) is 0 Å². The highest BCUT2D eigenvalue weighted by Crippen LogP contribution is 2.37. The number of rotatable bonds is 3. The average Bonchev–Trinajstić information content (AvgIpc) is 2.76. The third kappa shape index (κ3) is 1.81. The molecule has 0 bridgehead atoms. The van der Waals surface area contributed by atoms with Gasteiger partial charge in [-0.1, -0.05) is 11.6 Å². The van der Waals surface area contributed by atoms with Crippen LogP contribution in [0, 0.1) is 0 Å². The lowest BCUT2D eigenvalue weighted by Gasteiger charge is -2.20. The summed E-state index contributed by atoms with van der Waals surface area (Å²) in [5, 5.41) is 13.8. The van der Waals surface area contributed by atoms with Crippen LogP contribution in [0.25, 0.3) is 11.5 Å². The number of nitrogens with zero attached hydrogens (tertiary/aromatic N) is 2. The van der Waals surface area contributed by atoms with Gasteiger partial charge in [-0.2, -0.15) is 4.98 Å². The number of phenols is 1. The highest BCUT2D eigenvalue weighted by molar-refractivity contribution is 5.64. The molecule has 5 heteroatoms. The monoisotopic (exact) mass is 246 g/mol. The Morgan fingerprint density at radius 2 is 2.22 bits per heavy atom. The summed E-state index contributed by atoms with van der Waals surface area (Å²) in [5.41, 5.74) is 0.507. The van der Waals surface area contributed by atoms with Crippen molar-refractivity contribution in [1.29, 1.82) is 0 Å². The molecule has 1 aromatic heterocycles. The average molecular weight is 246 g/mol. The summed E-state index contributed by atoms with van der Waals surface area (Å²) >= 11 is 0. The zero-order valence-electron chi connectivity index (χ0n) is 10.1. The van der Waals surface area contributed by atoms with Crippen LogP contribution in [-0.4, -0.2) is 22.4 Å². The lowest BCUT2D eigenvalue weighted by molar-refractivity contribution is 0.365. The van der Waals surface area contributed by atoms with Crippen LogP contribution in [0.1, 0.15) is 31.0 Å². The van der Waals surface area contributed by atoms with Gasteiger partial charge in [-0.05, 0) is 31.0 Å². The van der Waals surface area contributed by atoms with E-state index in [1.807, 2.05) is 0 Å². The highest BCUT2D eigenvalue weighted by atomic mass is 16.5. The minimum atomic E-state index is 0.111. The van der Waals surface area contributed by atoms with E-state index < -0.39 is 0 Å². The Bertz CT molecular complexity index is 561. The second-order valence-corrected chi connectivity index (χ2v) is 4.47. The van der Waals surface area contributed by atoms with E-state index in [4.69, 9.17) is 9.26 Å². The molecule has 1 heterocycles. The van der Waals surface area contributed by atoms with E-state index >= 15 is 0 Å². The van der Waals surface area contributed by atoms with Crippen LogP contribution in [-0.2, 0) is 0 Å². The van der Waals surface area contributed by atoms with Crippen molar-refractivity contribution in [2.75, 3.05) is 7.11 Å². The number of benzene rings is 1. The molecule has 0 unspecified atom stereocenters. The van der Waals surface area contributed by atoms with Gasteiger partial charge in [0.2, 0.25) is 0 Å². The maximum Gasteiger partial charge on any atom is 0.261 e. The van der Waals surface area contributed by atoms with Crippen molar-refractivity contribution in [2.24, 2.45) is 0 Å². The largest absolute Gasteiger partial charge is 0.507 e. The first-order valence-corrected chi connectivity index (χ1v) is 5.99. The van der Waals surface area contributed by atoms with Gasteiger partial charge in [-0.3, -0.25) is 0 Å². The Balaban J connectivity index is 1.95. The smallest absolute Gasteiger partial charge is 0.261 e. The summed E-state index contributed by atoms with van der Waals surface area (Å²) in [6, 6.07) is 4.93. The topological polar surface area (TPSA) is 68.4 Å². The Morgan fingerprint density at radius 3 is 2.89 bits per heavy atom. The van der Waals surface area contributed by atoms with Crippen LogP contribution < -0.4 is 4.74 Å². The van der Waals surface area contributed by atoms with Crippen molar-refractivity contribution in [1.82, 2.24) is 10.1 Å². The molecule has 0 atom stereocenters. The van der Waals surface area contributed by atoms with E-state index in [9.17, 15) is 5.11 Å². The van der Waals surface area contributed by atoms with Crippen molar-refractivity contribution < 1.29 is 14.4 Å². The van der Waals surface area contributed by atoms with Crippen LogP contribution in [0.3, 0.4) is 0 Å². The minimum Gasteiger partial charge on any atom is -0.507 e. The summed E-state index contributed by atoms with van der Waals surface area (Å²) < 4.78 is 10.3. The maximum absolute atomic E-state index is 9.82. The van der Waals surface area contributed by atoms with Crippen molar-refractivity contribution in [3.8, 4) is 23.0 Å².